The third kappa shape index (κ3) is 7.94. The van der Waals surface area contributed by atoms with Gasteiger partial charge in [-0.1, -0.05) is 47.5 Å². The molecule has 19 heavy (non-hydrogen) atoms. The van der Waals surface area contributed by atoms with E-state index in [1.54, 1.807) is 6.92 Å². The molecule has 2 heteroatoms. The number of hydrogen-bond acceptors (Lipinski definition) is 2. The van der Waals surface area contributed by atoms with Crippen LogP contribution in [0.2, 0.25) is 0 Å². The first kappa shape index (κ1) is 18.9. The molecule has 3 atom stereocenters. The zero-order chi connectivity index (χ0) is 15.1. The van der Waals surface area contributed by atoms with Crippen LogP contribution in [0.1, 0.15) is 80.1 Å². The molecule has 0 aliphatic carbocycles. The summed E-state index contributed by atoms with van der Waals surface area (Å²) in [6.45, 7) is 12.9. The summed E-state index contributed by atoms with van der Waals surface area (Å²) in [6.07, 6.45) is 5.21. The second-order valence-corrected chi connectivity index (χ2v) is 7.18. The molecule has 0 rings (SSSR count). The monoisotopic (exact) mass is 272 g/mol. The van der Waals surface area contributed by atoms with E-state index in [0.717, 1.165) is 18.8 Å². The van der Waals surface area contributed by atoms with Gasteiger partial charge in [0.05, 0.1) is 11.7 Å². The van der Waals surface area contributed by atoms with E-state index in [4.69, 9.17) is 0 Å². The van der Waals surface area contributed by atoms with Crippen molar-refractivity contribution in [2.24, 2.45) is 17.8 Å². The predicted molar refractivity (Wildman–Crippen MR) is 83.2 cm³/mol. The van der Waals surface area contributed by atoms with Crippen LogP contribution < -0.4 is 0 Å². The van der Waals surface area contributed by atoms with Gasteiger partial charge in [-0.15, -0.1) is 0 Å². The van der Waals surface area contributed by atoms with Gasteiger partial charge in [-0.3, -0.25) is 0 Å². The van der Waals surface area contributed by atoms with Crippen molar-refractivity contribution in [1.29, 1.82) is 0 Å². The molecule has 0 spiro atoms. The van der Waals surface area contributed by atoms with E-state index in [-0.39, 0.29) is 0 Å². The molecule has 0 aliphatic heterocycles. The topological polar surface area (TPSA) is 40.5 Å². The zero-order valence-corrected chi connectivity index (χ0v) is 13.9. The Morgan fingerprint density at radius 2 is 1.53 bits per heavy atom. The minimum absolute atomic E-state index is 0.588. The Balaban J connectivity index is 4.29. The van der Waals surface area contributed by atoms with Crippen molar-refractivity contribution in [2.75, 3.05) is 0 Å². The van der Waals surface area contributed by atoms with Crippen LogP contribution in [0, 0.1) is 17.8 Å². The van der Waals surface area contributed by atoms with Crippen LogP contribution >= 0.6 is 0 Å². The Bertz CT molecular complexity index is 221. The lowest BCUT2D eigenvalue weighted by molar-refractivity contribution is -0.0743. The molecule has 0 saturated heterocycles. The van der Waals surface area contributed by atoms with Crippen molar-refractivity contribution < 1.29 is 10.2 Å². The Labute approximate surface area is 120 Å². The summed E-state index contributed by atoms with van der Waals surface area (Å²) in [7, 11) is 0. The molecule has 0 heterocycles. The lowest BCUT2D eigenvalue weighted by Gasteiger charge is -2.32. The van der Waals surface area contributed by atoms with E-state index in [1.807, 2.05) is 6.92 Å². The molecule has 0 aromatic heterocycles. The molecule has 0 saturated carbocycles. The van der Waals surface area contributed by atoms with E-state index >= 15 is 0 Å². The first-order valence-corrected chi connectivity index (χ1v) is 8.11. The summed E-state index contributed by atoms with van der Waals surface area (Å²) in [6, 6.07) is 0. The lowest BCUT2D eigenvalue weighted by Crippen LogP contribution is -2.39. The molecule has 0 aliphatic rings. The van der Waals surface area contributed by atoms with E-state index in [0.29, 0.717) is 24.7 Å². The third-order valence-corrected chi connectivity index (χ3v) is 4.36. The van der Waals surface area contributed by atoms with Crippen LogP contribution in [0.15, 0.2) is 0 Å². The normalized spacial score (nSPS) is 18.6. The van der Waals surface area contributed by atoms with Gasteiger partial charge in [0, 0.05) is 0 Å². The van der Waals surface area contributed by atoms with Crippen molar-refractivity contribution in [1.82, 2.24) is 0 Å². The fourth-order valence-electron chi connectivity index (χ4n) is 2.59. The van der Waals surface area contributed by atoms with Crippen LogP contribution in [0.4, 0.5) is 0 Å². The summed E-state index contributed by atoms with van der Waals surface area (Å²) in [5.41, 5.74) is -0.930. The lowest BCUT2D eigenvalue weighted by atomic mass is 9.81. The summed E-state index contributed by atoms with van der Waals surface area (Å²) in [5.74, 6) is 2.05. The Morgan fingerprint density at radius 1 is 0.947 bits per heavy atom. The highest BCUT2D eigenvalue weighted by Crippen LogP contribution is 2.29. The van der Waals surface area contributed by atoms with Crippen LogP contribution in [-0.4, -0.2) is 21.9 Å². The second-order valence-electron chi connectivity index (χ2n) is 7.18. The van der Waals surface area contributed by atoms with Gasteiger partial charge < -0.3 is 10.2 Å². The highest BCUT2D eigenvalue weighted by Gasteiger charge is 2.30. The minimum atomic E-state index is -0.930. The first-order chi connectivity index (χ1) is 8.70. The van der Waals surface area contributed by atoms with E-state index in [1.165, 1.54) is 12.8 Å². The fraction of sp³-hybridized carbons (Fsp3) is 1.00. The van der Waals surface area contributed by atoms with Gasteiger partial charge in [-0.25, -0.2) is 0 Å². The summed E-state index contributed by atoms with van der Waals surface area (Å²) < 4.78 is 0. The van der Waals surface area contributed by atoms with Crippen LogP contribution in [-0.2, 0) is 0 Å². The molecule has 0 amide bonds. The number of aliphatic hydroxyl groups excluding tert-OH is 1. The maximum absolute atomic E-state index is 10.4. The third-order valence-electron chi connectivity index (χ3n) is 4.36. The van der Waals surface area contributed by atoms with Gasteiger partial charge in [0.25, 0.3) is 0 Å². The van der Waals surface area contributed by atoms with Gasteiger partial charge >= 0.3 is 0 Å². The zero-order valence-electron chi connectivity index (χ0n) is 13.9. The largest absolute Gasteiger partial charge is 0.390 e. The molecule has 0 aromatic carbocycles. The SMILES string of the molecule is CCCC(O)C(C)(O)CCC(CCC(C)C)C(C)C. The maximum atomic E-state index is 10.4. The van der Waals surface area contributed by atoms with E-state index in [2.05, 4.69) is 27.7 Å². The van der Waals surface area contributed by atoms with Crippen molar-refractivity contribution in [3.05, 3.63) is 0 Å². The maximum Gasteiger partial charge on any atom is 0.0877 e. The molecule has 0 aromatic rings. The molecule has 0 fully saturated rings. The Hall–Kier alpha value is -0.0800. The number of hydrogen-bond donors (Lipinski definition) is 2. The highest BCUT2D eigenvalue weighted by atomic mass is 16.3. The standard InChI is InChI=1S/C17H36O2/c1-7-8-16(18)17(6,19)12-11-15(14(4)5)10-9-13(2)3/h13-16,18-19H,7-12H2,1-6H3. The van der Waals surface area contributed by atoms with Crippen LogP contribution in [0.3, 0.4) is 0 Å². The van der Waals surface area contributed by atoms with Gasteiger partial charge in [0.15, 0.2) is 0 Å². The average molecular weight is 272 g/mol. The minimum Gasteiger partial charge on any atom is -0.390 e. The molecular weight excluding hydrogens is 236 g/mol. The van der Waals surface area contributed by atoms with Gasteiger partial charge in [-0.2, -0.15) is 0 Å². The van der Waals surface area contributed by atoms with Crippen LogP contribution in [0.25, 0.3) is 0 Å². The predicted octanol–water partition coefficient (Wildman–Crippen LogP) is 4.39. The molecule has 2 nitrogen and oxygen atoms in total. The molecule has 2 N–H and O–H groups in total. The molecule has 3 unspecified atom stereocenters. The van der Waals surface area contributed by atoms with E-state index < -0.39 is 11.7 Å². The number of rotatable bonds is 10. The Morgan fingerprint density at radius 3 is 1.95 bits per heavy atom. The fourth-order valence-corrected chi connectivity index (χ4v) is 2.59. The summed E-state index contributed by atoms with van der Waals surface area (Å²) >= 11 is 0. The van der Waals surface area contributed by atoms with Gasteiger partial charge in [0.1, 0.15) is 0 Å². The Kier molecular flexibility index (Phi) is 8.93. The molecular formula is C17H36O2. The number of aliphatic hydroxyl groups is 2. The quantitative estimate of drug-likeness (QED) is 0.619. The molecule has 0 radical (unpaired) electrons. The average Bonchev–Trinajstić information content (AvgIpc) is 2.28. The van der Waals surface area contributed by atoms with Crippen molar-refractivity contribution >= 4 is 0 Å². The first-order valence-electron chi connectivity index (χ1n) is 8.11. The van der Waals surface area contributed by atoms with Crippen molar-refractivity contribution in [2.45, 2.75) is 91.8 Å². The summed E-state index contributed by atoms with van der Waals surface area (Å²) in [5, 5.41) is 20.4. The van der Waals surface area contributed by atoms with Crippen molar-refractivity contribution in [3.63, 3.8) is 0 Å². The smallest absolute Gasteiger partial charge is 0.0877 e. The van der Waals surface area contributed by atoms with Gasteiger partial charge in [0.2, 0.25) is 0 Å². The van der Waals surface area contributed by atoms with Crippen LogP contribution in [0.5, 0.6) is 0 Å². The summed E-state index contributed by atoms with van der Waals surface area (Å²) in [4.78, 5) is 0. The molecule has 116 valence electrons. The highest BCUT2D eigenvalue weighted by molar-refractivity contribution is 4.82. The van der Waals surface area contributed by atoms with E-state index in [9.17, 15) is 10.2 Å². The second kappa shape index (κ2) is 8.97. The van der Waals surface area contributed by atoms with Gasteiger partial charge in [-0.05, 0) is 50.4 Å². The molecule has 0 bridgehead atoms. The van der Waals surface area contributed by atoms with Crippen molar-refractivity contribution in [3.8, 4) is 0 Å².